The normalized spacial score (nSPS) is 16.0. The SMILES string of the molecule is Cc1cc(C)cc(N(c2ccc3c(c2)C(C)(C)CCC3(C)C)c2ccc(C(C)(C)C)cc2-c2ccccc2)c1. The zero-order valence-electron chi connectivity index (χ0n) is 25.4. The van der Waals surface area contributed by atoms with Crippen molar-refractivity contribution in [2.24, 2.45) is 0 Å². The molecule has 4 aromatic carbocycles. The largest absolute Gasteiger partial charge is 0.310 e. The van der Waals surface area contributed by atoms with Gasteiger partial charge in [-0.25, -0.2) is 0 Å². The maximum atomic E-state index is 2.49. The van der Waals surface area contributed by atoms with Crippen LogP contribution in [0.5, 0.6) is 0 Å². The first-order valence-corrected chi connectivity index (χ1v) is 14.5. The number of aryl methyl sites for hydroxylation is 2. The van der Waals surface area contributed by atoms with Crippen molar-refractivity contribution in [2.45, 2.75) is 91.4 Å². The first-order chi connectivity index (χ1) is 18.3. The molecule has 0 N–H and O–H groups in total. The third-order valence-electron chi connectivity index (χ3n) is 8.75. The van der Waals surface area contributed by atoms with E-state index in [0.29, 0.717) is 0 Å². The molecule has 0 amide bonds. The van der Waals surface area contributed by atoms with Gasteiger partial charge >= 0.3 is 0 Å². The number of rotatable bonds is 4. The molecule has 0 unspecified atom stereocenters. The Morgan fingerprint density at radius 3 is 1.85 bits per heavy atom. The first kappa shape index (κ1) is 27.3. The lowest BCUT2D eigenvalue weighted by Crippen LogP contribution is -2.34. The molecule has 0 aliphatic heterocycles. The molecule has 0 saturated carbocycles. The summed E-state index contributed by atoms with van der Waals surface area (Å²) < 4.78 is 0. The molecule has 0 heterocycles. The van der Waals surface area contributed by atoms with E-state index in [9.17, 15) is 0 Å². The summed E-state index contributed by atoms with van der Waals surface area (Å²) >= 11 is 0. The molecule has 0 spiro atoms. The standard InChI is InChI=1S/C38H45N/c1-26-21-27(2)23-31(22-26)39(30-16-17-33-34(25-30)38(8,9)20-19-37(33,6)7)35-18-15-29(36(3,4)5)24-32(35)28-13-11-10-12-14-28/h10-18,21-25H,19-20H2,1-9H3. The zero-order chi connectivity index (χ0) is 28.2. The fourth-order valence-corrected chi connectivity index (χ4v) is 6.27. The Kier molecular flexibility index (Phi) is 6.78. The van der Waals surface area contributed by atoms with Crippen molar-refractivity contribution < 1.29 is 0 Å². The van der Waals surface area contributed by atoms with Crippen LogP contribution in [0.2, 0.25) is 0 Å². The van der Waals surface area contributed by atoms with Gasteiger partial charge in [0.15, 0.2) is 0 Å². The van der Waals surface area contributed by atoms with Gasteiger partial charge < -0.3 is 4.90 Å². The van der Waals surface area contributed by atoms with Gasteiger partial charge in [-0.1, -0.05) is 97.0 Å². The second kappa shape index (κ2) is 9.70. The predicted molar refractivity (Wildman–Crippen MR) is 170 cm³/mol. The van der Waals surface area contributed by atoms with Crippen LogP contribution in [0, 0.1) is 13.8 Å². The number of anilines is 3. The molecule has 0 aromatic heterocycles. The fourth-order valence-electron chi connectivity index (χ4n) is 6.27. The van der Waals surface area contributed by atoms with Crippen molar-refractivity contribution in [2.75, 3.05) is 4.90 Å². The summed E-state index contributed by atoms with van der Waals surface area (Å²) in [7, 11) is 0. The molecule has 39 heavy (non-hydrogen) atoms. The van der Waals surface area contributed by atoms with Crippen molar-refractivity contribution in [3.05, 3.63) is 113 Å². The Morgan fingerprint density at radius 2 is 1.23 bits per heavy atom. The van der Waals surface area contributed by atoms with E-state index in [4.69, 9.17) is 0 Å². The van der Waals surface area contributed by atoms with E-state index in [-0.39, 0.29) is 16.2 Å². The highest BCUT2D eigenvalue weighted by atomic mass is 15.1. The summed E-state index contributed by atoms with van der Waals surface area (Å²) in [5.41, 5.74) is 13.4. The Bertz CT molecular complexity index is 1480. The van der Waals surface area contributed by atoms with Crippen molar-refractivity contribution in [3.63, 3.8) is 0 Å². The molecule has 0 saturated heterocycles. The zero-order valence-corrected chi connectivity index (χ0v) is 25.4. The maximum absolute atomic E-state index is 2.49. The van der Waals surface area contributed by atoms with E-state index in [1.807, 2.05) is 0 Å². The van der Waals surface area contributed by atoms with E-state index in [0.717, 1.165) is 0 Å². The average Bonchev–Trinajstić information content (AvgIpc) is 2.87. The van der Waals surface area contributed by atoms with Crippen LogP contribution in [0.1, 0.15) is 89.1 Å². The van der Waals surface area contributed by atoms with E-state index in [2.05, 4.69) is 152 Å². The molecule has 0 bridgehead atoms. The molecule has 5 rings (SSSR count). The van der Waals surface area contributed by atoms with Gasteiger partial charge in [0.25, 0.3) is 0 Å². The fraction of sp³-hybridized carbons (Fsp3) is 0.368. The van der Waals surface area contributed by atoms with Crippen molar-refractivity contribution in [1.29, 1.82) is 0 Å². The number of nitrogens with zero attached hydrogens (tertiary/aromatic N) is 1. The second-order valence-corrected chi connectivity index (χ2v) is 14.0. The topological polar surface area (TPSA) is 3.24 Å². The molecular formula is C38H45N. The van der Waals surface area contributed by atoms with Gasteiger partial charge in [0.1, 0.15) is 0 Å². The highest BCUT2D eigenvalue weighted by molar-refractivity contribution is 5.89. The van der Waals surface area contributed by atoms with E-state index < -0.39 is 0 Å². The van der Waals surface area contributed by atoms with Crippen LogP contribution in [0.4, 0.5) is 17.1 Å². The van der Waals surface area contributed by atoms with Gasteiger partial charge in [-0.2, -0.15) is 0 Å². The highest BCUT2D eigenvalue weighted by Gasteiger charge is 2.37. The van der Waals surface area contributed by atoms with Gasteiger partial charge in [0.05, 0.1) is 5.69 Å². The van der Waals surface area contributed by atoms with Crippen molar-refractivity contribution >= 4 is 17.1 Å². The molecule has 1 heteroatoms. The minimum Gasteiger partial charge on any atom is -0.310 e. The average molecular weight is 516 g/mol. The Morgan fingerprint density at radius 1 is 0.615 bits per heavy atom. The lowest BCUT2D eigenvalue weighted by atomic mass is 9.63. The molecule has 1 aliphatic carbocycles. The highest BCUT2D eigenvalue weighted by Crippen LogP contribution is 2.49. The summed E-state index contributed by atoms with van der Waals surface area (Å²) in [5, 5.41) is 0. The molecule has 202 valence electrons. The first-order valence-electron chi connectivity index (χ1n) is 14.5. The van der Waals surface area contributed by atoms with Crippen LogP contribution in [0.25, 0.3) is 11.1 Å². The minimum absolute atomic E-state index is 0.0637. The lowest BCUT2D eigenvalue weighted by molar-refractivity contribution is 0.332. The Labute approximate surface area is 236 Å². The van der Waals surface area contributed by atoms with E-state index in [1.165, 1.54) is 68.8 Å². The summed E-state index contributed by atoms with van der Waals surface area (Å²) in [4.78, 5) is 2.49. The third kappa shape index (κ3) is 5.29. The summed E-state index contributed by atoms with van der Waals surface area (Å²) in [6.07, 6.45) is 2.43. The molecule has 1 nitrogen and oxygen atoms in total. The van der Waals surface area contributed by atoms with Crippen LogP contribution in [0.3, 0.4) is 0 Å². The summed E-state index contributed by atoms with van der Waals surface area (Å²) in [6.45, 7) is 20.9. The second-order valence-electron chi connectivity index (χ2n) is 14.0. The van der Waals surface area contributed by atoms with Crippen LogP contribution in [-0.4, -0.2) is 0 Å². The molecule has 0 radical (unpaired) electrons. The molecule has 0 fully saturated rings. The van der Waals surface area contributed by atoms with Gasteiger partial charge in [-0.05, 0) is 113 Å². The minimum atomic E-state index is 0.0637. The quantitative estimate of drug-likeness (QED) is 0.261. The lowest BCUT2D eigenvalue weighted by Gasteiger charge is -2.42. The number of hydrogen-bond acceptors (Lipinski definition) is 1. The van der Waals surface area contributed by atoms with Crippen molar-refractivity contribution in [1.82, 2.24) is 0 Å². The monoisotopic (exact) mass is 515 g/mol. The number of hydrogen-bond donors (Lipinski definition) is 0. The smallest absolute Gasteiger partial charge is 0.0540 e. The predicted octanol–water partition coefficient (Wildman–Crippen LogP) is 11.1. The molecule has 0 atom stereocenters. The van der Waals surface area contributed by atoms with Crippen LogP contribution in [0.15, 0.2) is 84.9 Å². The van der Waals surface area contributed by atoms with E-state index >= 15 is 0 Å². The Hall–Kier alpha value is -3.32. The van der Waals surface area contributed by atoms with E-state index in [1.54, 1.807) is 0 Å². The molecular weight excluding hydrogens is 470 g/mol. The summed E-state index contributed by atoms with van der Waals surface area (Å²) in [6, 6.07) is 32.1. The van der Waals surface area contributed by atoms with Crippen LogP contribution in [-0.2, 0) is 16.2 Å². The maximum Gasteiger partial charge on any atom is 0.0540 e. The van der Waals surface area contributed by atoms with Gasteiger partial charge in [-0.3, -0.25) is 0 Å². The van der Waals surface area contributed by atoms with Gasteiger partial charge in [0.2, 0.25) is 0 Å². The molecule has 4 aromatic rings. The van der Waals surface area contributed by atoms with Gasteiger partial charge in [0, 0.05) is 16.9 Å². The van der Waals surface area contributed by atoms with Crippen molar-refractivity contribution in [3.8, 4) is 11.1 Å². The summed E-state index contributed by atoms with van der Waals surface area (Å²) in [5.74, 6) is 0. The number of benzene rings is 4. The van der Waals surface area contributed by atoms with Gasteiger partial charge in [-0.15, -0.1) is 0 Å². The molecule has 1 aliphatic rings. The van der Waals surface area contributed by atoms with Crippen LogP contribution < -0.4 is 4.90 Å². The van der Waals surface area contributed by atoms with Crippen LogP contribution >= 0.6 is 0 Å². The number of fused-ring (bicyclic) bond motifs is 1. The third-order valence-corrected chi connectivity index (χ3v) is 8.75. The Balaban J connectivity index is 1.81.